The molecule has 2 saturated heterocycles. The molecule has 204 valence electrons. The number of hydrogen-bond acceptors (Lipinski definition) is 3. The number of likely N-dealkylation sites (tertiary alicyclic amines) is 2. The van der Waals surface area contributed by atoms with Gasteiger partial charge in [0.25, 0.3) is 5.91 Å². The van der Waals surface area contributed by atoms with Gasteiger partial charge in [-0.2, -0.15) is 13.2 Å². The van der Waals surface area contributed by atoms with Crippen LogP contribution in [-0.4, -0.2) is 78.9 Å². The Hall–Kier alpha value is -3.56. The fourth-order valence-electron chi connectivity index (χ4n) is 5.29. The van der Waals surface area contributed by atoms with E-state index in [0.717, 1.165) is 12.1 Å². The summed E-state index contributed by atoms with van der Waals surface area (Å²) in [5.74, 6) is -0.572. The topological polar surface area (TPSA) is 73.0 Å². The van der Waals surface area contributed by atoms with Crippen molar-refractivity contribution in [1.29, 1.82) is 0 Å². The van der Waals surface area contributed by atoms with Gasteiger partial charge in [-0.3, -0.25) is 9.59 Å². The molecule has 2 atom stereocenters. The monoisotopic (exact) mass is 530 g/mol. The molecule has 1 N–H and O–H groups in total. The molecule has 4 rings (SSSR count). The fourth-order valence-corrected chi connectivity index (χ4v) is 5.29. The van der Waals surface area contributed by atoms with Crippen LogP contribution in [0.3, 0.4) is 0 Å². The molecule has 2 aromatic carbocycles. The van der Waals surface area contributed by atoms with Gasteiger partial charge in [0.2, 0.25) is 5.91 Å². The molecule has 2 aromatic rings. The van der Waals surface area contributed by atoms with Crippen molar-refractivity contribution in [3.05, 3.63) is 71.3 Å². The van der Waals surface area contributed by atoms with Crippen molar-refractivity contribution in [2.24, 2.45) is 5.92 Å². The van der Waals surface area contributed by atoms with Crippen molar-refractivity contribution < 1.29 is 27.6 Å². The van der Waals surface area contributed by atoms with Crippen molar-refractivity contribution in [1.82, 2.24) is 20.0 Å². The molecule has 2 aliphatic heterocycles. The van der Waals surface area contributed by atoms with Crippen molar-refractivity contribution in [3.8, 4) is 0 Å². The number of halogens is 3. The highest BCUT2D eigenvalue weighted by Gasteiger charge is 2.36. The molecular weight excluding hydrogens is 497 g/mol. The molecular formula is C28H33F3N4O3. The maximum atomic E-state index is 13.5. The Morgan fingerprint density at radius 1 is 0.895 bits per heavy atom. The quantitative estimate of drug-likeness (QED) is 0.644. The lowest BCUT2D eigenvalue weighted by Gasteiger charge is -2.42. The third kappa shape index (κ3) is 6.46. The van der Waals surface area contributed by atoms with E-state index in [9.17, 15) is 27.6 Å². The molecule has 2 heterocycles. The second-order valence-electron chi connectivity index (χ2n) is 10.3. The molecule has 0 spiro atoms. The molecule has 2 fully saturated rings. The Labute approximate surface area is 220 Å². The lowest BCUT2D eigenvalue weighted by Crippen LogP contribution is -2.56. The summed E-state index contributed by atoms with van der Waals surface area (Å²) in [6.07, 6.45) is -2.79. The molecule has 2 aliphatic rings. The lowest BCUT2D eigenvalue weighted by molar-refractivity contribution is -0.137. The van der Waals surface area contributed by atoms with Gasteiger partial charge in [-0.05, 0) is 49.1 Å². The summed E-state index contributed by atoms with van der Waals surface area (Å²) in [6, 6.07) is 13.2. The van der Waals surface area contributed by atoms with Crippen LogP contribution in [0.25, 0.3) is 0 Å². The highest BCUT2D eigenvalue weighted by atomic mass is 19.4. The zero-order valence-electron chi connectivity index (χ0n) is 21.6. The molecule has 0 saturated carbocycles. The first-order chi connectivity index (χ1) is 18.0. The maximum Gasteiger partial charge on any atom is 0.416 e. The smallest absolute Gasteiger partial charge is 0.349 e. The summed E-state index contributed by atoms with van der Waals surface area (Å²) < 4.78 is 39.3. The predicted octanol–water partition coefficient (Wildman–Crippen LogP) is 4.21. The Morgan fingerprint density at radius 2 is 1.53 bits per heavy atom. The van der Waals surface area contributed by atoms with Crippen molar-refractivity contribution in [3.63, 3.8) is 0 Å². The van der Waals surface area contributed by atoms with E-state index in [0.29, 0.717) is 56.6 Å². The number of hydrogen-bond donors (Lipinski definition) is 1. The van der Waals surface area contributed by atoms with E-state index in [2.05, 4.69) is 5.32 Å². The molecule has 10 heteroatoms. The van der Waals surface area contributed by atoms with Gasteiger partial charge < -0.3 is 20.0 Å². The Kier molecular flexibility index (Phi) is 8.28. The highest BCUT2D eigenvalue weighted by molar-refractivity contribution is 5.94. The molecule has 38 heavy (non-hydrogen) atoms. The van der Waals surface area contributed by atoms with Gasteiger partial charge in [0.05, 0.1) is 5.56 Å². The standard InChI is InChI=1S/C28H33F3N4O3/c1-33(2)26(37)21-12-14-34(15-13-21)27(38)35-17-22(19-8-10-23(11-9-19)28(29,30)31)16-24(18-35)32-25(36)20-6-4-3-5-7-20/h3-11,21-22,24H,12-18H2,1-2H3,(H,32,36). The number of piperidine rings is 2. The molecule has 0 bridgehead atoms. The average molecular weight is 531 g/mol. The van der Waals surface area contributed by atoms with E-state index in [1.54, 1.807) is 53.1 Å². The second kappa shape index (κ2) is 11.4. The number of rotatable bonds is 4. The average Bonchev–Trinajstić information content (AvgIpc) is 2.92. The minimum absolute atomic E-state index is 0.0566. The van der Waals surface area contributed by atoms with Crippen LogP contribution in [-0.2, 0) is 11.0 Å². The zero-order valence-corrected chi connectivity index (χ0v) is 21.6. The van der Waals surface area contributed by atoms with E-state index in [4.69, 9.17) is 0 Å². The minimum atomic E-state index is -4.43. The van der Waals surface area contributed by atoms with Crippen molar-refractivity contribution in [2.75, 3.05) is 40.3 Å². The molecule has 0 aliphatic carbocycles. The fraction of sp³-hybridized carbons (Fsp3) is 0.464. The number of carbonyl (C=O) groups excluding carboxylic acids is 3. The normalized spacial score (nSPS) is 20.7. The van der Waals surface area contributed by atoms with Crippen LogP contribution in [0.15, 0.2) is 54.6 Å². The molecule has 0 radical (unpaired) electrons. The zero-order chi connectivity index (χ0) is 27.4. The number of amides is 4. The first-order valence-corrected chi connectivity index (χ1v) is 12.8. The summed E-state index contributed by atoms with van der Waals surface area (Å²) >= 11 is 0. The highest BCUT2D eigenvalue weighted by Crippen LogP contribution is 2.33. The van der Waals surface area contributed by atoms with Crippen LogP contribution in [0.4, 0.5) is 18.0 Å². The SMILES string of the molecule is CN(C)C(=O)C1CCN(C(=O)N2CC(NC(=O)c3ccccc3)CC(c3ccc(C(F)(F)F)cc3)C2)CC1. The van der Waals surface area contributed by atoms with E-state index >= 15 is 0 Å². The van der Waals surface area contributed by atoms with E-state index in [-0.39, 0.29) is 35.7 Å². The van der Waals surface area contributed by atoms with Crippen LogP contribution >= 0.6 is 0 Å². The van der Waals surface area contributed by atoms with Crippen LogP contribution in [0.1, 0.15) is 46.7 Å². The summed E-state index contributed by atoms with van der Waals surface area (Å²) in [5, 5.41) is 3.01. The van der Waals surface area contributed by atoms with Crippen molar-refractivity contribution in [2.45, 2.75) is 37.4 Å². The molecule has 0 aromatic heterocycles. The Morgan fingerprint density at radius 3 is 2.11 bits per heavy atom. The maximum absolute atomic E-state index is 13.5. The van der Waals surface area contributed by atoms with Gasteiger partial charge in [0, 0.05) is 63.7 Å². The Balaban J connectivity index is 1.50. The van der Waals surface area contributed by atoms with Gasteiger partial charge in [-0.15, -0.1) is 0 Å². The molecule has 7 nitrogen and oxygen atoms in total. The van der Waals surface area contributed by atoms with Gasteiger partial charge in [-0.1, -0.05) is 30.3 Å². The van der Waals surface area contributed by atoms with Gasteiger partial charge in [-0.25, -0.2) is 4.79 Å². The van der Waals surface area contributed by atoms with Crippen LogP contribution in [0.2, 0.25) is 0 Å². The number of benzene rings is 2. The number of urea groups is 1. The van der Waals surface area contributed by atoms with Gasteiger partial charge in [0.1, 0.15) is 0 Å². The minimum Gasteiger partial charge on any atom is -0.349 e. The van der Waals surface area contributed by atoms with Gasteiger partial charge >= 0.3 is 12.2 Å². The second-order valence-corrected chi connectivity index (χ2v) is 10.3. The summed E-state index contributed by atoms with van der Waals surface area (Å²) in [4.78, 5) is 43.7. The number of nitrogens with one attached hydrogen (secondary N) is 1. The van der Waals surface area contributed by atoms with Crippen LogP contribution in [0, 0.1) is 5.92 Å². The number of carbonyl (C=O) groups is 3. The molecule has 2 unspecified atom stereocenters. The summed E-state index contributed by atoms with van der Waals surface area (Å²) in [7, 11) is 3.44. The van der Waals surface area contributed by atoms with Crippen molar-refractivity contribution >= 4 is 17.8 Å². The first-order valence-electron chi connectivity index (χ1n) is 12.8. The third-order valence-electron chi connectivity index (χ3n) is 7.36. The van der Waals surface area contributed by atoms with E-state index in [1.807, 2.05) is 6.07 Å². The van der Waals surface area contributed by atoms with Gasteiger partial charge in [0.15, 0.2) is 0 Å². The third-order valence-corrected chi connectivity index (χ3v) is 7.36. The largest absolute Gasteiger partial charge is 0.416 e. The predicted molar refractivity (Wildman–Crippen MR) is 136 cm³/mol. The first kappa shape index (κ1) is 27.5. The van der Waals surface area contributed by atoms with E-state index in [1.165, 1.54) is 12.1 Å². The number of alkyl halides is 3. The summed E-state index contributed by atoms with van der Waals surface area (Å²) in [5.41, 5.74) is 0.452. The summed E-state index contributed by atoms with van der Waals surface area (Å²) in [6.45, 7) is 1.53. The van der Waals surface area contributed by atoms with Crippen LogP contribution < -0.4 is 5.32 Å². The lowest BCUT2D eigenvalue weighted by atomic mass is 9.87. The Bertz CT molecular complexity index is 1130. The number of nitrogens with zero attached hydrogens (tertiary/aromatic N) is 3. The molecule has 4 amide bonds. The van der Waals surface area contributed by atoms with Crippen LogP contribution in [0.5, 0.6) is 0 Å². The van der Waals surface area contributed by atoms with E-state index < -0.39 is 11.7 Å².